The summed E-state index contributed by atoms with van der Waals surface area (Å²) < 4.78 is 5.31. The van der Waals surface area contributed by atoms with Gasteiger partial charge in [-0.3, -0.25) is 4.79 Å². The first kappa shape index (κ1) is 22.6. The molecular formula is C19H31N3O5. The maximum Gasteiger partial charge on any atom is 0.407 e. The van der Waals surface area contributed by atoms with Gasteiger partial charge in [-0.05, 0) is 51.3 Å². The Balaban J connectivity index is 2.85. The number of hydrogen-bond donors (Lipinski definition) is 5. The minimum absolute atomic E-state index is 0.00727. The Bertz CT molecular complexity index is 643. The fourth-order valence-electron chi connectivity index (χ4n) is 2.57. The summed E-state index contributed by atoms with van der Waals surface area (Å²) >= 11 is 0. The van der Waals surface area contributed by atoms with E-state index in [1.54, 1.807) is 39.8 Å². The molecule has 0 aliphatic heterocycles. The number of nitrogens with two attached hydrogens (primary N) is 1. The number of benzene rings is 1. The molecule has 0 fully saturated rings. The number of aromatic hydroxyl groups is 1. The summed E-state index contributed by atoms with van der Waals surface area (Å²) in [5.41, 5.74) is 6.16. The predicted molar refractivity (Wildman–Crippen MR) is 103 cm³/mol. The normalized spacial score (nSPS) is 13.5. The minimum Gasteiger partial charge on any atom is -0.506 e. The molecule has 0 aliphatic rings. The third kappa shape index (κ3) is 8.63. The fourth-order valence-corrected chi connectivity index (χ4v) is 2.57. The number of alkyl carbamates (subject to hydrolysis) is 1. The summed E-state index contributed by atoms with van der Waals surface area (Å²) in [4.78, 5) is 24.3. The van der Waals surface area contributed by atoms with Crippen molar-refractivity contribution < 1.29 is 24.5 Å². The van der Waals surface area contributed by atoms with Crippen LogP contribution in [0.4, 0.5) is 10.5 Å². The van der Waals surface area contributed by atoms with Crippen molar-refractivity contribution in [1.29, 1.82) is 0 Å². The maximum absolute atomic E-state index is 12.2. The van der Waals surface area contributed by atoms with Crippen molar-refractivity contribution in [1.82, 2.24) is 10.6 Å². The van der Waals surface area contributed by atoms with Crippen LogP contribution >= 0.6 is 0 Å². The van der Waals surface area contributed by atoms with Crippen molar-refractivity contribution in [2.45, 2.75) is 52.2 Å². The minimum atomic E-state index is -0.637. The van der Waals surface area contributed by atoms with Gasteiger partial charge in [-0.1, -0.05) is 13.0 Å². The van der Waals surface area contributed by atoms with Gasteiger partial charge in [-0.15, -0.1) is 0 Å². The van der Waals surface area contributed by atoms with Gasteiger partial charge in [0.05, 0.1) is 12.3 Å². The Kier molecular flexibility index (Phi) is 8.36. The van der Waals surface area contributed by atoms with Crippen molar-refractivity contribution in [2.75, 3.05) is 18.9 Å². The fraction of sp³-hybridized carbons (Fsp3) is 0.579. The lowest BCUT2D eigenvalue weighted by Crippen LogP contribution is -2.43. The molecule has 0 aromatic heterocycles. The first-order valence-corrected chi connectivity index (χ1v) is 8.97. The lowest BCUT2D eigenvalue weighted by atomic mass is 9.95. The highest BCUT2D eigenvalue weighted by Gasteiger charge is 2.24. The van der Waals surface area contributed by atoms with Gasteiger partial charge in [-0.25, -0.2) is 4.79 Å². The van der Waals surface area contributed by atoms with Crippen molar-refractivity contribution in [2.24, 2.45) is 5.92 Å². The lowest BCUT2D eigenvalue weighted by molar-refractivity contribution is -0.125. The number of nitrogens with one attached hydrogen (secondary N) is 2. The molecule has 0 bridgehead atoms. The van der Waals surface area contributed by atoms with Crippen LogP contribution in [0.5, 0.6) is 5.75 Å². The van der Waals surface area contributed by atoms with E-state index in [9.17, 15) is 14.7 Å². The molecular weight excluding hydrogens is 350 g/mol. The van der Waals surface area contributed by atoms with E-state index in [4.69, 9.17) is 15.6 Å². The van der Waals surface area contributed by atoms with Gasteiger partial charge in [-0.2, -0.15) is 0 Å². The number of nitrogen functional groups attached to an aromatic ring is 1. The Morgan fingerprint density at radius 3 is 2.52 bits per heavy atom. The summed E-state index contributed by atoms with van der Waals surface area (Å²) in [6, 6.07) is 4.47. The van der Waals surface area contributed by atoms with Gasteiger partial charge in [0.15, 0.2) is 0 Å². The Hall–Kier alpha value is -2.48. The first-order chi connectivity index (χ1) is 12.5. The number of rotatable bonds is 8. The molecule has 0 heterocycles. The van der Waals surface area contributed by atoms with E-state index in [2.05, 4.69) is 10.6 Å². The topological polar surface area (TPSA) is 134 Å². The highest BCUT2D eigenvalue weighted by molar-refractivity contribution is 5.78. The maximum atomic E-state index is 12.2. The van der Waals surface area contributed by atoms with Crippen LogP contribution in [0.1, 0.15) is 39.7 Å². The molecule has 1 aromatic carbocycles. The molecule has 0 saturated carbocycles. The number of anilines is 1. The molecule has 6 N–H and O–H groups in total. The average molecular weight is 381 g/mol. The van der Waals surface area contributed by atoms with Gasteiger partial charge in [0.1, 0.15) is 11.4 Å². The zero-order valence-corrected chi connectivity index (χ0v) is 16.4. The molecule has 0 unspecified atom stereocenters. The Morgan fingerprint density at radius 2 is 1.96 bits per heavy atom. The molecule has 0 aliphatic carbocycles. The molecule has 8 heteroatoms. The molecule has 2 amide bonds. The van der Waals surface area contributed by atoms with E-state index >= 15 is 0 Å². The van der Waals surface area contributed by atoms with Gasteiger partial charge >= 0.3 is 6.09 Å². The second-order valence-electron chi connectivity index (χ2n) is 7.59. The third-order valence-corrected chi connectivity index (χ3v) is 3.79. The van der Waals surface area contributed by atoms with Crippen molar-refractivity contribution in [3.63, 3.8) is 0 Å². The second kappa shape index (κ2) is 10.0. The van der Waals surface area contributed by atoms with E-state index in [1.165, 1.54) is 6.07 Å². The van der Waals surface area contributed by atoms with E-state index < -0.39 is 11.7 Å². The van der Waals surface area contributed by atoms with Gasteiger partial charge in [0, 0.05) is 18.5 Å². The van der Waals surface area contributed by atoms with E-state index in [0.29, 0.717) is 12.8 Å². The summed E-state index contributed by atoms with van der Waals surface area (Å²) in [6.45, 7) is 7.11. The predicted octanol–water partition coefficient (Wildman–Crippen LogP) is 1.54. The van der Waals surface area contributed by atoms with Crippen LogP contribution in [0.25, 0.3) is 0 Å². The van der Waals surface area contributed by atoms with Crippen molar-refractivity contribution >= 4 is 17.7 Å². The van der Waals surface area contributed by atoms with Crippen LogP contribution in [-0.2, 0) is 16.0 Å². The molecule has 0 radical (unpaired) electrons. The van der Waals surface area contributed by atoms with Gasteiger partial charge in [0.25, 0.3) is 0 Å². The third-order valence-electron chi connectivity index (χ3n) is 3.79. The first-order valence-electron chi connectivity index (χ1n) is 8.97. The van der Waals surface area contributed by atoms with Gasteiger partial charge < -0.3 is 31.3 Å². The van der Waals surface area contributed by atoms with Crippen molar-refractivity contribution in [3.05, 3.63) is 23.8 Å². The SMILES string of the molecule is C[C@@H](C[C@H](Cc1ccc(O)c(N)c1)NC(=O)OC(C)(C)C)C(=O)NCCO. The van der Waals surface area contributed by atoms with E-state index in [1.807, 2.05) is 0 Å². The number of carbonyl (C=O) groups excluding carboxylic acids is 2. The molecule has 1 rings (SSSR count). The zero-order chi connectivity index (χ0) is 20.6. The highest BCUT2D eigenvalue weighted by Crippen LogP contribution is 2.22. The molecule has 0 spiro atoms. The zero-order valence-electron chi connectivity index (χ0n) is 16.4. The summed E-state index contributed by atoms with van der Waals surface area (Å²) in [6.07, 6.45) is 0.223. The molecule has 27 heavy (non-hydrogen) atoms. The highest BCUT2D eigenvalue weighted by atomic mass is 16.6. The van der Waals surface area contributed by atoms with Crippen molar-refractivity contribution in [3.8, 4) is 5.75 Å². The van der Waals surface area contributed by atoms with E-state index in [0.717, 1.165) is 5.56 Å². The molecule has 152 valence electrons. The van der Waals surface area contributed by atoms with Crippen LogP contribution in [0.2, 0.25) is 0 Å². The average Bonchev–Trinajstić information content (AvgIpc) is 2.54. The molecule has 8 nitrogen and oxygen atoms in total. The molecule has 2 atom stereocenters. The molecule has 0 saturated heterocycles. The smallest absolute Gasteiger partial charge is 0.407 e. The number of ether oxygens (including phenoxy) is 1. The van der Waals surface area contributed by atoms with E-state index in [-0.39, 0.29) is 42.5 Å². The number of carbonyl (C=O) groups is 2. The Morgan fingerprint density at radius 1 is 1.30 bits per heavy atom. The molecule has 1 aromatic rings. The number of amides is 2. The van der Waals surface area contributed by atoms with Crippen LogP contribution in [0.3, 0.4) is 0 Å². The van der Waals surface area contributed by atoms with Crippen LogP contribution in [0.15, 0.2) is 18.2 Å². The second-order valence-corrected chi connectivity index (χ2v) is 7.59. The number of hydrogen-bond acceptors (Lipinski definition) is 6. The Labute approximate surface area is 160 Å². The summed E-state index contributed by atoms with van der Waals surface area (Å²) in [7, 11) is 0. The summed E-state index contributed by atoms with van der Waals surface area (Å²) in [5.74, 6) is -0.594. The lowest BCUT2D eigenvalue weighted by Gasteiger charge is -2.25. The quantitative estimate of drug-likeness (QED) is 0.343. The van der Waals surface area contributed by atoms with Gasteiger partial charge in [0.2, 0.25) is 5.91 Å². The largest absolute Gasteiger partial charge is 0.506 e. The standard InChI is InChI=1S/C19H31N3O5/c1-12(17(25)21-7-8-23)9-14(22-18(26)27-19(2,3)4)10-13-5-6-16(24)15(20)11-13/h5-6,11-12,14,23-24H,7-10,20H2,1-4H3,(H,21,25)(H,22,26)/t12-,14+/m0/s1. The summed E-state index contributed by atoms with van der Waals surface area (Å²) in [5, 5.41) is 23.8. The van der Waals surface area contributed by atoms with Crippen LogP contribution < -0.4 is 16.4 Å². The van der Waals surface area contributed by atoms with Crippen LogP contribution in [0, 0.1) is 5.92 Å². The number of phenols is 1. The number of aliphatic hydroxyl groups is 1. The van der Waals surface area contributed by atoms with Crippen LogP contribution in [-0.4, -0.2) is 47.0 Å². The number of phenolic OH excluding ortho intramolecular Hbond substituents is 1. The number of aliphatic hydroxyl groups excluding tert-OH is 1. The monoisotopic (exact) mass is 381 g/mol.